The highest BCUT2D eigenvalue weighted by atomic mass is 33.1. The molecule has 0 fully saturated rings. The van der Waals surface area contributed by atoms with Crippen LogP contribution in [0, 0.1) is 0 Å². The molecule has 2 aromatic rings. The van der Waals surface area contributed by atoms with Crippen LogP contribution < -0.4 is 0 Å². The first-order valence-electron chi connectivity index (χ1n) is 5.08. The SMILES string of the molecule is O=C(OCCSSc1ccccn1)n1cncn1. The quantitative estimate of drug-likeness (QED) is 0.614. The Kier molecular flexibility index (Phi) is 5.03. The van der Waals surface area contributed by atoms with Gasteiger partial charge in [0, 0.05) is 11.9 Å². The molecule has 0 spiro atoms. The van der Waals surface area contributed by atoms with Crippen molar-refractivity contribution in [2.75, 3.05) is 12.4 Å². The predicted octanol–water partition coefficient (Wildman–Crippen LogP) is 2.10. The van der Waals surface area contributed by atoms with Crippen molar-refractivity contribution in [1.82, 2.24) is 19.7 Å². The Hall–Kier alpha value is -1.54. The first-order valence-corrected chi connectivity index (χ1v) is 7.40. The fraction of sp³-hybridized carbons (Fsp3) is 0.200. The fourth-order valence-corrected chi connectivity index (χ4v) is 2.74. The first kappa shape index (κ1) is 12.9. The number of carbonyl (C=O) groups excluding carboxylic acids is 1. The van der Waals surface area contributed by atoms with E-state index in [1.165, 1.54) is 12.7 Å². The minimum Gasteiger partial charge on any atom is -0.447 e. The van der Waals surface area contributed by atoms with Gasteiger partial charge in [-0.05, 0) is 22.9 Å². The smallest absolute Gasteiger partial charge is 0.436 e. The second-order valence-electron chi connectivity index (χ2n) is 3.03. The number of hydrogen-bond acceptors (Lipinski definition) is 7. The zero-order chi connectivity index (χ0) is 12.6. The average Bonchev–Trinajstić information content (AvgIpc) is 2.93. The van der Waals surface area contributed by atoms with Crippen LogP contribution in [0.1, 0.15) is 0 Å². The van der Waals surface area contributed by atoms with Gasteiger partial charge in [-0.3, -0.25) is 0 Å². The van der Waals surface area contributed by atoms with E-state index < -0.39 is 6.09 Å². The van der Waals surface area contributed by atoms with Crippen LogP contribution in [0.4, 0.5) is 4.79 Å². The summed E-state index contributed by atoms with van der Waals surface area (Å²) in [5.41, 5.74) is 0. The zero-order valence-electron chi connectivity index (χ0n) is 9.30. The second-order valence-corrected chi connectivity index (χ2v) is 5.46. The van der Waals surface area contributed by atoms with Crippen LogP contribution in [-0.4, -0.2) is 38.2 Å². The maximum absolute atomic E-state index is 11.3. The van der Waals surface area contributed by atoms with E-state index >= 15 is 0 Å². The Morgan fingerprint density at radius 2 is 2.39 bits per heavy atom. The van der Waals surface area contributed by atoms with Gasteiger partial charge in [0.15, 0.2) is 0 Å². The monoisotopic (exact) mass is 282 g/mol. The number of aromatic nitrogens is 4. The van der Waals surface area contributed by atoms with E-state index in [9.17, 15) is 4.79 Å². The average molecular weight is 282 g/mol. The third-order valence-electron chi connectivity index (χ3n) is 1.78. The summed E-state index contributed by atoms with van der Waals surface area (Å²) in [6.07, 6.45) is 3.81. The van der Waals surface area contributed by atoms with Crippen molar-refractivity contribution in [3.05, 3.63) is 37.1 Å². The van der Waals surface area contributed by atoms with Gasteiger partial charge < -0.3 is 4.74 Å². The van der Waals surface area contributed by atoms with Crippen LogP contribution in [-0.2, 0) is 4.74 Å². The van der Waals surface area contributed by atoms with E-state index in [0.29, 0.717) is 12.4 Å². The molecule has 0 saturated carbocycles. The minimum atomic E-state index is -0.518. The standard InChI is InChI=1S/C10H10N4O2S2/c15-10(14-8-11-7-13-14)16-5-6-17-18-9-3-1-2-4-12-9/h1-4,7-8H,5-6H2. The second kappa shape index (κ2) is 7.02. The van der Waals surface area contributed by atoms with Gasteiger partial charge in [0.25, 0.3) is 0 Å². The lowest BCUT2D eigenvalue weighted by atomic mass is 10.5. The molecule has 18 heavy (non-hydrogen) atoms. The number of pyridine rings is 1. The Bertz CT molecular complexity index is 478. The number of rotatable bonds is 5. The molecule has 8 heteroatoms. The lowest BCUT2D eigenvalue weighted by Crippen LogP contribution is -2.15. The summed E-state index contributed by atoms with van der Waals surface area (Å²) < 4.78 is 6.04. The van der Waals surface area contributed by atoms with E-state index in [0.717, 1.165) is 9.71 Å². The molecule has 0 saturated heterocycles. The fourth-order valence-electron chi connectivity index (χ4n) is 1.03. The van der Waals surface area contributed by atoms with Gasteiger partial charge in [-0.15, -0.1) is 5.10 Å². The molecule has 0 unspecified atom stereocenters. The van der Waals surface area contributed by atoms with Gasteiger partial charge in [-0.2, -0.15) is 4.68 Å². The van der Waals surface area contributed by atoms with Crippen LogP contribution in [0.2, 0.25) is 0 Å². The van der Waals surface area contributed by atoms with Gasteiger partial charge in [-0.25, -0.2) is 14.8 Å². The van der Waals surface area contributed by atoms with Gasteiger partial charge in [-0.1, -0.05) is 16.9 Å². The van der Waals surface area contributed by atoms with Crippen molar-refractivity contribution in [2.24, 2.45) is 0 Å². The predicted molar refractivity (Wildman–Crippen MR) is 69.3 cm³/mol. The lowest BCUT2D eigenvalue weighted by molar-refractivity contribution is 0.151. The summed E-state index contributed by atoms with van der Waals surface area (Å²) in [4.78, 5) is 19.2. The third-order valence-corrected chi connectivity index (χ3v) is 4.01. The molecule has 2 heterocycles. The summed E-state index contributed by atoms with van der Waals surface area (Å²) in [5.74, 6) is 0.682. The van der Waals surface area contributed by atoms with Gasteiger partial charge >= 0.3 is 6.09 Å². The van der Waals surface area contributed by atoms with Gasteiger partial charge in [0.2, 0.25) is 0 Å². The van der Waals surface area contributed by atoms with Crippen LogP contribution in [0.5, 0.6) is 0 Å². The van der Waals surface area contributed by atoms with Crippen molar-refractivity contribution in [3.8, 4) is 0 Å². The molecule has 6 nitrogen and oxygen atoms in total. The summed E-state index contributed by atoms with van der Waals surface area (Å²) in [5, 5.41) is 4.61. The lowest BCUT2D eigenvalue weighted by Gasteiger charge is -2.03. The minimum absolute atomic E-state index is 0.323. The van der Waals surface area contributed by atoms with E-state index in [-0.39, 0.29) is 0 Å². The Balaban J connectivity index is 1.61. The first-order chi connectivity index (χ1) is 8.86. The topological polar surface area (TPSA) is 69.9 Å². The molecule has 0 aliphatic heterocycles. The summed E-state index contributed by atoms with van der Waals surface area (Å²) >= 11 is 0. The zero-order valence-corrected chi connectivity index (χ0v) is 10.9. The highest BCUT2D eigenvalue weighted by molar-refractivity contribution is 8.76. The van der Waals surface area contributed by atoms with E-state index in [4.69, 9.17) is 4.74 Å². The molecule has 0 amide bonds. The molecular formula is C10H10N4O2S2. The Morgan fingerprint density at radius 1 is 1.44 bits per heavy atom. The van der Waals surface area contributed by atoms with E-state index in [1.54, 1.807) is 27.8 Å². The highest BCUT2D eigenvalue weighted by Gasteiger charge is 2.05. The van der Waals surface area contributed by atoms with Crippen LogP contribution in [0.3, 0.4) is 0 Å². The molecule has 2 rings (SSSR count). The van der Waals surface area contributed by atoms with E-state index in [1.807, 2.05) is 18.2 Å². The molecule has 0 atom stereocenters. The van der Waals surface area contributed by atoms with Crippen molar-refractivity contribution in [1.29, 1.82) is 0 Å². The molecule has 0 aliphatic rings. The Morgan fingerprint density at radius 3 is 3.11 bits per heavy atom. The van der Waals surface area contributed by atoms with Crippen molar-refractivity contribution in [2.45, 2.75) is 5.03 Å². The third kappa shape index (κ3) is 4.04. The highest BCUT2D eigenvalue weighted by Crippen LogP contribution is 2.28. The van der Waals surface area contributed by atoms with Crippen molar-refractivity contribution < 1.29 is 9.53 Å². The number of nitrogens with zero attached hydrogens (tertiary/aromatic N) is 4. The molecule has 0 radical (unpaired) electrons. The maximum atomic E-state index is 11.3. The number of carbonyl (C=O) groups is 1. The summed E-state index contributed by atoms with van der Waals surface area (Å²) in [6.45, 7) is 0.323. The van der Waals surface area contributed by atoms with Gasteiger partial charge in [0.05, 0.1) is 0 Å². The molecule has 0 bridgehead atoms. The van der Waals surface area contributed by atoms with Crippen molar-refractivity contribution >= 4 is 27.7 Å². The summed E-state index contributed by atoms with van der Waals surface area (Å²) in [6, 6.07) is 5.73. The van der Waals surface area contributed by atoms with Crippen molar-refractivity contribution in [3.63, 3.8) is 0 Å². The molecular weight excluding hydrogens is 272 g/mol. The normalized spacial score (nSPS) is 10.2. The molecule has 2 aromatic heterocycles. The van der Waals surface area contributed by atoms with Crippen LogP contribution in [0.15, 0.2) is 42.1 Å². The molecule has 94 valence electrons. The number of hydrogen-bond donors (Lipinski definition) is 0. The molecule has 0 aliphatic carbocycles. The summed E-state index contributed by atoms with van der Waals surface area (Å²) in [7, 11) is 3.13. The molecule has 0 N–H and O–H groups in total. The Labute approximate surface area is 112 Å². The molecule has 0 aromatic carbocycles. The maximum Gasteiger partial charge on any atom is 0.436 e. The van der Waals surface area contributed by atoms with E-state index in [2.05, 4.69) is 15.1 Å². The van der Waals surface area contributed by atoms with Crippen LogP contribution >= 0.6 is 21.6 Å². The van der Waals surface area contributed by atoms with Crippen LogP contribution in [0.25, 0.3) is 0 Å². The van der Waals surface area contributed by atoms with Gasteiger partial charge in [0.1, 0.15) is 24.3 Å². The largest absolute Gasteiger partial charge is 0.447 e. The number of ether oxygens (including phenoxy) is 1.